The molecule has 0 bridgehead atoms. The number of aldehydes is 1. The minimum atomic E-state index is -0.497. The third-order valence-electron chi connectivity index (χ3n) is 2.88. The topological polar surface area (TPSA) is 20.3 Å². The molecule has 2 aromatic rings. The fourth-order valence-electron chi connectivity index (χ4n) is 1.87. The molecule has 0 fully saturated rings. The molecule has 0 spiro atoms. The summed E-state index contributed by atoms with van der Waals surface area (Å²) in [7, 11) is 1.67. The van der Waals surface area contributed by atoms with E-state index in [1.807, 2.05) is 0 Å². The summed E-state index contributed by atoms with van der Waals surface area (Å²) in [4.78, 5) is 12.1. The largest absolute Gasteiger partial charge is 0.368 e. The predicted octanol–water partition coefficient (Wildman–Crippen LogP) is 3.41. The molecule has 0 aliphatic carbocycles. The second-order valence-electron chi connectivity index (χ2n) is 4.28. The number of anilines is 1. The molecule has 0 aliphatic heterocycles. The summed E-state index contributed by atoms with van der Waals surface area (Å²) in [5, 5.41) is 0. The first-order valence-electron chi connectivity index (χ1n) is 5.81. The molecular formula is C15H13F2NO. The average molecular weight is 261 g/mol. The van der Waals surface area contributed by atoms with Crippen LogP contribution >= 0.6 is 0 Å². The monoisotopic (exact) mass is 261 g/mol. The van der Waals surface area contributed by atoms with Gasteiger partial charge in [0.05, 0.1) is 5.69 Å². The zero-order chi connectivity index (χ0) is 13.8. The van der Waals surface area contributed by atoms with Gasteiger partial charge in [-0.3, -0.25) is 4.79 Å². The molecule has 0 saturated carbocycles. The minimum Gasteiger partial charge on any atom is -0.368 e. The standard InChI is InChI=1S/C15H13F2NO/c1-18(9-12-4-2-3-5-13(12)16)15-7-6-11(10-19)8-14(15)17/h2-8,10H,9H2,1H3. The molecule has 0 aromatic heterocycles. The summed E-state index contributed by atoms with van der Waals surface area (Å²) in [6, 6.07) is 10.6. The molecule has 19 heavy (non-hydrogen) atoms. The lowest BCUT2D eigenvalue weighted by Gasteiger charge is -2.20. The van der Waals surface area contributed by atoms with Gasteiger partial charge < -0.3 is 4.90 Å². The molecule has 0 aliphatic rings. The first kappa shape index (κ1) is 13.2. The van der Waals surface area contributed by atoms with Crippen molar-refractivity contribution in [3.8, 4) is 0 Å². The van der Waals surface area contributed by atoms with Crippen molar-refractivity contribution in [2.24, 2.45) is 0 Å². The van der Waals surface area contributed by atoms with Crippen molar-refractivity contribution in [1.29, 1.82) is 0 Å². The molecular weight excluding hydrogens is 248 g/mol. The van der Waals surface area contributed by atoms with Gasteiger partial charge in [0.2, 0.25) is 0 Å². The van der Waals surface area contributed by atoms with Crippen LogP contribution in [0.3, 0.4) is 0 Å². The van der Waals surface area contributed by atoms with Crippen LogP contribution in [0, 0.1) is 11.6 Å². The number of rotatable bonds is 4. The van der Waals surface area contributed by atoms with Gasteiger partial charge in [0.25, 0.3) is 0 Å². The number of halogens is 2. The Kier molecular flexibility index (Phi) is 3.90. The van der Waals surface area contributed by atoms with Crippen LogP contribution in [-0.4, -0.2) is 13.3 Å². The van der Waals surface area contributed by atoms with Gasteiger partial charge in [0, 0.05) is 24.7 Å². The van der Waals surface area contributed by atoms with E-state index in [-0.39, 0.29) is 17.9 Å². The zero-order valence-corrected chi connectivity index (χ0v) is 10.4. The third-order valence-corrected chi connectivity index (χ3v) is 2.88. The fraction of sp³-hybridized carbons (Fsp3) is 0.133. The van der Waals surface area contributed by atoms with Crippen LogP contribution in [-0.2, 0) is 6.54 Å². The van der Waals surface area contributed by atoms with Crippen LogP contribution in [0.2, 0.25) is 0 Å². The molecule has 0 atom stereocenters. The molecule has 0 saturated heterocycles. The molecule has 4 heteroatoms. The first-order chi connectivity index (χ1) is 9.11. The summed E-state index contributed by atoms with van der Waals surface area (Å²) >= 11 is 0. The maximum absolute atomic E-state index is 13.8. The normalized spacial score (nSPS) is 10.3. The van der Waals surface area contributed by atoms with E-state index in [0.717, 1.165) is 0 Å². The molecule has 2 nitrogen and oxygen atoms in total. The Balaban J connectivity index is 2.23. The third kappa shape index (κ3) is 2.96. The van der Waals surface area contributed by atoms with Gasteiger partial charge in [-0.1, -0.05) is 18.2 Å². The van der Waals surface area contributed by atoms with Gasteiger partial charge in [0.15, 0.2) is 0 Å². The van der Waals surface area contributed by atoms with E-state index in [4.69, 9.17) is 0 Å². The molecule has 2 aromatic carbocycles. The number of benzene rings is 2. The van der Waals surface area contributed by atoms with Crippen molar-refractivity contribution in [2.75, 3.05) is 11.9 Å². The highest BCUT2D eigenvalue weighted by Crippen LogP contribution is 2.21. The summed E-state index contributed by atoms with van der Waals surface area (Å²) < 4.78 is 27.3. The molecule has 98 valence electrons. The second kappa shape index (κ2) is 5.61. The van der Waals surface area contributed by atoms with E-state index in [1.54, 1.807) is 30.1 Å². The maximum Gasteiger partial charge on any atom is 0.150 e. The lowest BCUT2D eigenvalue weighted by atomic mass is 10.1. The van der Waals surface area contributed by atoms with Crippen molar-refractivity contribution in [3.05, 3.63) is 65.2 Å². The summed E-state index contributed by atoms with van der Waals surface area (Å²) in [5.74, 6) is -0.817. The predicted molar refractivity (Wildman–Crippen MR) is 70.3 cm³/mol. The maximum atomic E-state index is 13.8. The van der Waals surface area contributed by atoms with Gasteiger partial charge >= 0.3 is 0 Å². The Morgan fingerprint density at radius 3 is 2.47 bits per heavy atom. The SMILES string of the molecule is CN(Cc1ccccc1F)c1ccc(C=O)cc1F. The van der Waals surface area contributed by atoms with Crippen LogP contribution in [0.5, 0.6) is 0 Å². The van der Waals surface area contributed by atoms with Gasteiger partial charge in [-0.05, 0) is 24.3 Å². The lowest BCUT2D eigenvalue weighted by molar-refractivity contribution is 0.112. The average Bonchev–Trinajstić information content (AvgIpc) is 2.41. The Hall–Kier alpha value is -2.23. The first-order valence-corrected chi connectivity index (χ1v) is 5.81. The highest BCUT2D eigenvalue weighted by molar-refractivity contribution is 5.75. The highest BCUT2D eigenvalue weighted by Gasteiger charge is 2.10. The molecule has 2 rings (SSSR count). The summed E-state index contributed by atoms with van der Waals surface area (Å²) in [5.41, 5.74) is 1.10. The van der Waals surface area contributed by atoms with E-state index in [2.05, 4.69) is 0 Å². The minimum absolute atomic E-state index is 0.254. The highest BCUT2D eigenvalue weighted by atomic mass is 19.1. The smallest absolute Gasteiger partial charge is 0.150 e. The Morgan fingerprint density at radius 2 is 1.84 bits per heavy atom. The molecule has 0 N–H and O–H groups in total. The van der Waals surface area contributed by atoms with E-state index < -0.39 is 5.82 Å². The lowest BCUT2D eigenvalue weighted by Crippen LogP contribution is -2.18. The number of nitrogens with zero attached hydrogens (tertiary/aromatic N) is 1. The summed E-state index contributed by atoms with van der Waals surface area (Å²) in [6.45, 7) is 0.254. The molecule has 0 radical (unpaired) electrons. The van der Waals surface area contributed by atoms with Crippen molar-refractivity contribution in [3.63, 3.8) is 0 Å². The molecule has 0 amide bonds. The quantitative estimate of drug-likeness (QED) is 0.786. The Labute approximate surface area is 110 Å². The number of carbonyl (C=O) groups is 1. The van der Waals surface area contributed by atoms with E-state index >= 15 is 0 Å². The van der Waals surface area contributed by atoms with Gasteiger partial charge in [-0.2, -0.15) is 0 Å². The Morgan fingerprint density at radius 1 is 1.11 bits per heavy atom. The van der Waals surface area contributed by atoms with Crippen LogP contribution < -0.4 is 4.90 Å². The fourth-order valence-corrected chi connectivity index (χ4v) is 1.87. The van der Waals surface area contributed by atoms with Crippen molar-refractivity contribution >= 4 is 12.0 Å². The van der Waals surface area contributed by atoms with Crippen molar-refractivity contribution < 1.29 is 13.6 Å². The number of hydrogen-bond donors (Lipinski definition) is 0. The van der Waals surface area contributed by atoms with E-state index in [9.17, 15) is 13.6 Å². The molecule has 0 heterocycles. The van der Waals surface area contributed by atoms with Crippen molar-refractivity contribution in [2.45, 2.75) is 6.54 Å². The van der Waals surface area contributed by atoms with Crippen LogP contribution in [0.25, 0.3) is 0 Å². The Bertz CT molecular complexity index is 598. The van der Waals surface area contributed by atoms with Crippen LogP contribution in [0.15, 0.2) is 42.5 Å². The second-order valence-corrected chi connectivity index (χ2v) is 4.28. The van der Waals surface area contributed by atoms with Gasteiger partial charge in [0.1, 0.15) is 17.9 Å². The van der Waals surface area contributed by atoms with Gasteiger partial charge in [-0.15, -0.1) is 0 Å². The number of hydrogen-bond acceptors (Lipinski definition) is 2. The summed E-state index contributed by atoms with van der Waals surface area (Å²) in [6.07, 6.45) is 0.587. The van der Waals surface area contributed by atoms with Gasteiger partial charge in [-0.25, -0.2) is 8.78 Å². The van der Waals surface area contributed by atoms with Crippen molar-refractivity contribution in [1.82, 2.24) is 0 Å². The van der Waals surface area contributed by atoms with Crippen LogP contribution in [0.1, 0.15) is 15.9 Å². The zero-order valence-electron chi connectivity index (χ0n) is 10.4. The molecule has 0 unspecified atom stereocenters. The van der Waals surface area contributed by atoms with E-state index in [0.29, 0.717) is 17.5 Å². The van der Waals surface area contributed by atoms with Crippen LogP contribution in [0.4, 0.5) is 14.5 Å². The van der Waals surface area contributed by atoms with E-state index in [1.165, 1.54) is 24.3 Å². The number of carbonyl (C=O) groups excluding carboxylic acids is 1.